The first-order valence-electron chi connectivity index (χ1n) is 10.5. The highest BCUT2D eigenvalue weighted by Gasteiger charge is 2.55. The third-order valence-corrected chi connectivity index (χ3v) is 6.97. The average Bonchev–Trinajstić information content (AvgIpc) is 2.73. The topological polar surface area (TPSA) is 133 Å². The molecule has 0 aromatic heterocycles. The van der Waals surface area contributed by atoms with Crippen molar-refractivity contribution < 1.29 is 29.4 Å². The third-order valence-electron chi connectivity index (χ3n) is 6.34. The second-order valence-corrected chi connectivity index (χ2v) is 9.67. The molecule has 2 aromatic carbocycles. The van der Waals surface area contributed by atoms with E-state index in [9.17, 15) is 29.4 Å². The largest absolute Gasteiger partial charge is 0.481 e. The van der Waals surface area contributed by atoms with Crippen LogP contribution in [0.15, 0.2) is 42.5 Å². The Morgan fingerprint density at radius 3 is 2.09 bits per heavy atom. The summed E-state index contributed by atoms with van der Waals surface area (Å²) in [7, 11) is 0. The predicted molar refractivity (Wildman–Crippen MR) is 127 cm³/mol. The van der Waals surface area contributed by atoms with Crippen molar-refractivity contribution >= 4 is 52.6 Å². The highest BCUT2D eigenvalue weighted by molar-refractivity contribution is 6.40. The van der Waals surface area contributed by atoms with Crippen molar-refractivity contribution in [3.05, 3.63) is 63.6 Å². The zero-order valence-corrected chi connectivity index (χ0v) is 20.0. The van der Waals surface area contributed by atoms with Gasteiger partial charge in [-0.25, -0.2) is 4.79 Å². The lowest BCUT2D eigenvalue weighted by Crippen LogP contribution is -2.57. The summed E-state index contributed by atoms with van der Waals surface area (Å²) in [6.45, 7) is 3.39. The fourth-order valence-corrected chi connectivity index (χ4v) is 4.70. The number of benzene rings is 2. The molecule has 0 aliphatic heterocycles. The van der Waals surface area contributed by atoms with Crippen LogP contribution in [0.25, 0.3) is 0 Å². The van der Waals surface area contributed by atoms with E-state index in [1.165, 1.54) is 0 Å². The van der Waals surface area contributed by atoms with Crippen LogP contribution in [0.4, 0.5) is 5.69 Å². The molecule has 3 atom stereocenters. The number of nitrogens with one attached hydrogen (secondary N) is 2. The molecule has 0 spiro atoms. The van der Waals surface area contributed by atoms with Crippen molar-refractivity contribution in [1.29, 1.82) is 0 Å². The van der Waals surface area contributed by atoms with Crippen LogP contribution >= 0.6 is 23.2 Å². The average molecular weight is 507 g/mol. The predicted octanol–water partition coefficient (Wildman–Crippen LogP) is 4.10. The molecule has 1 fully saturated rings. The smallest absolute Gasteiger partial charge is 0.326 e. The number of anilines is 1. The number of amides is 2. The second kappa shape index (κ2) is 10.0. The zero-order chi connectivity index (χ0) is 25.2. The zero-order valence-electron chi connectivity index (χ0n) is 18.5. The minimum Gasteiger partial charge on any atom is -0.481 e. The first-order chi connectivity index (χ1) is 15.9. The fourth-order valence-electron chi connectivity index (χ4n) is 4.13. The molecule has 34 heavy (non-hydrogen) atoms. The Kier molecular flexibility index (Phi) is 7.53. The molecule has 10 heteroatoms. The molecular weight excluding hydrogens is 483 g/mol. The lowest BCUT2D eigenvalue weighted by atomic mass is 9.54. The number of aliphatic carboxylic acids is 2. The maximum absolute atomic E-state index is 12.6. The van der Waals surface area contributed by atoms with Gasteiger partial charge in [-0.05, 0) is 41.7 Å². The number of carbonyl (C=O) groups is 4. The van der Waals surface area contributed by atoms with Crippen molar-refractivity contribution in [2.75, 3.05) is 5.32 Å². The van der Waals surface area contributed by atoms with Crippen LogP contribution in [-0.2, 0) is 20.8 Å². The molecule has 3 rings (SSSR count). The second-order valence-electron chi connectivity index (χ2n) is 8.85. The van der Waals surface area contributed by atoms with E-state index >= 15 is 0 Å². The highest BCUT2D eigenvalue weighted by Crippen LogP contribution is 2.51. The normalized spacial score (nSPS) is 19.4. The van der Waals surface area contributed by atoms with Crippen LogP contribution in [-0.4, -0.2) is 40.0 Å². The standard InChI is InChI=1S/C24H24Cl2N2O6/c1-24(2)14(11-15(24)22(31)32)20(29)28-18(23(33)34)10-12-6-8-13(9-7-12)27-21(30)19-16(25)4-3-5-17(19)26/h3-9,14-15,18H,10-11H2,1-2H3,(H,27,30)(H,28,29)(H,31,32)(H,33,34)/t14-,15+,18+/m1/s1. The Balaban J connectivity index is 1.63. The highest BCUT2D eigenvalue weighted by atomic mass is 35.5. The molecule has 0 unspecified atom stereocenters. The summed E-state index contributed by atoms with van der Waals surface area (Å²) in [6.07, 6.45) is 0.186. The minimum atomic E-state index is -1.20. The molecule has 1 aliphatic carbocycles. The molecule has 0 heterocycles. The summed E-state index contributed by atoms with van der Waals surface area (Å²) in [5.41, 5.74) is 0.463. The number of rotatable bonds is 8. The maximum atomic E-state index is 12.6. The van der Waals surface area contributed by atoms with Crippen molar-refractivity contribution in [3.63, 3.8) is 0 Å². The van der Waals surface area contributed by atoms with E-state index in [0.29, 0.717) is 11.3 Å². The van der Waals surface area contributed by atoms with E-state index in [2.05, 4.69) is 10.6 Å². The van der Waals surface area contributed by atoms with E-state index in [1.807, 2.05) is 0 Å². The molecular formula is C24H24Cl2N2O6. The third kappa shape index (κ3) is 5.34. The van der Waals surface area contributed by atoms with Gasteiger partial charge < -0.3 is 20.8 Å². The molecule has 4 N–H and O–H groups in total. The maximum Gasteiger partial charge on any atom is 0.326 e. The van der Waals surface area contributed by atoms with E-state index < -0.39 is 47.0 Å². The molecule has 0 bridgehead atoms. The summed E-state index contributed by atoms with van der Waals surface area (Å²) >= 11 is 12.1. The molecule has 1 saturated carbocycles. The van der Waals surface area contributed by atoms with Gasteiger partial charge in [0, 0.05) is 18.0 Å². The van der Waals surface area contributed by atoms with Crippen LogP contribution in [0.5, 0.6) is 0 Å². The Morgan fingerprint density at radius 1 is 1.00 bits per heavy atom. The first-order valence-corrected chi connectivity index (χ1v) is 11.3. The van der Waals surface area contributed by atoms with Gasteiger partial charge in [0.25, 0.3) is 5.91 Å². The molecule has 2 aromatic rings. The van der Waals surface area contributed by atoms with Gasteiger partial charge in [0.2, 0.25) is 5.91 Å². The van der Waals surface area contributed by atoms with Crippen molar-refractivity contribution in [2.45, 2.75) is 32.7 Å². The van der Waals surface area contributed by atoms with Crippen LogP contribution < -0.4 is 10.6 Å². The Bertz CT molecular complexity index is 1110. The quantitative estimate of drug-likeness (QED) is 0.425. The van der Waals surface area contributed by atoms with E-state index in [1.54, 1.807) is 56.3 Å². The van der Waals surface area contributed by atoms with Crippen molar-refractivity contribution in [2.24, 2.45) is 17.3 Å². The number of hydrogen-bond donors (Lipinski definition) is 4. The van der Waals surface area contributed by atoms with E-state index in [0.717, 1.165) is 0 Å². The van der Waals surface area contributed by atoms with Crippen molar-refractivity contribution in [3.8, 4) is 0 Å². The minimum absolute atomic E-state index is 0.0150. The van der Waals surface area contributed by atoms with Crippen LogP contribution in [0, 0.1) is 17.3 Å². The summed E-state index contributed by atoms with van der Waals surface area (Å²) < 4.78 is 0. The van der Waals surface area contributed by atoms with Gasteiger partial charge in [-0.2, -0.15) is 0 Å². The monoisotopic (exact) mass is 506 g/mol. The Hall–Kier alpha value is -3.10. The Labute approximate surface area is 206 Å². The van der Waals surface area contributed by atoms with E-state index in [-0.39, 0.29) is 28.5 Å². The first kappa shape index (κ1) is 25.5. The van der Waals surface area contributed by atoms with Crippen LogP contribution in [0.3, 0.4) is 0 Å². The molecule has 0 radical (unpaired) electrons. The van der Waals surface area contributed by atoms with Crippen molar-refractivity contribution in [1.82, 2.24) is 5.32 Å². The van der Waals surface area contributed by atoms with Crippen LogP contribution in [0.1, 0.15) is 36.2 Å². The number of halogens is 2. The van der Waals surface area contributed by atoms with Gasteiger partial charge in [-0.15, -0.1) is 0 Å². The molecule has 0 saturated heterocycles. The lowest BCUT2D eigenvalue weighted by Gasteiger charge is -2.48. The summed E-state index contributed by atoms with van der Waals surface area (Å²) in [4.78, 5) is 48.2. The van der Waals surface area contributed by atoms with Gasteiger partial charge in [-0.1, -0.05) is 55.2 Å². The SMILES string of the molecule is CC1(C)[C@@H](C(=O)N[C@@H](Cc2ccc(NC(=O)c3c(Cl)cccc3Cl)cc2)C(=O)O)C[C@H]1C(=O)O. The molecule has 1 aliphatic rings. The van der Waals surface area contributed by atoms with Gasteiger partial charge in [0.15, 0.2) is 0 Å². The number of carbonyl (C=O) groups excluding carboxylic acids is 2. The summed E-state index contributed by atoms with van der Waals surface area (Å²) in [5.74, 6) is -4.35. The lowest BCUT2D eigenvalue weighted by molar-refractivity contribution is -0.164. The molecule has 180 valence electrons. The van der Waals surface area contributed by atoms with Gasteiger partial charge in [0.05, 0.1) is 21.5 Å². The van der Waals surface area contributed by atoms with Gasteiger partial charge in [0.1, 0.15) is 6.04 Å². The van der Waals surface area contributed by atoms with Gasteiger partial charge >= 0.3 is 11.9 Å². The Morgan fingerprint density at radius 2 is 1.59 bits per heavy atom. The molecule has 8 nitrogen and oxygen atoms in total. The fraction of sp³-hybridized carbons (Fsp3) is 0.333. The number of carboxylic acids is 2. The number of carboxylic acid groups (broad SMARTS) is 2. The van der Waals surface area contributed by atoms with Crippen LogP contribution in [0.2, 0.25) is 10.0 Å². The molecule has 2 amide bonds. The number of hydrogen-bond acceptors (Lipinski definition) is 4. The van der Waals surface area contributed by atoms with Gasteiger partial charge in [-0.3, -0.25) is 14.4 Å². The summed E-state index contributed by atoms with van der Waals surface area (Å²) in [6, 6.07) is 10.0. The summed E-state index contributed by atoms with van der Waals surface area (Å²) in [5, 5.41) is 24.5. The van der Waals surface area contributed by atoms with E-state index in [4.69, 9.17) is 23.2 Å².